The van der Waals surface area contributed by atoms with Gasteiger partial charge in [-0.3, -0.25) is 0 Å². The lowest BCUT2D eigenvalue weighted by molar-refractivity contribution is 0.0519. The lowest BCUT2D eigenvalue weighted by atomic mass is 10.2. The molecule has 1 amide bonds. The highest BCUT2D eigenvalue weighted by Crippen LogP contribution is 2.22. The fourth-order valence-electron chi connectivity index (χ4n) is 2.16. The van der Waals surface area contributed by atoms with E-state index in [2.05, 4.69) is 10.3 Å². The Morgan fingerprint density at radius 2 is 2.04 bits per heavy atom. The van der Waals surface area contributed by atoms with Gasteiger partial charge in [-0.25, -0.2) is 9.78 Å². The van der Waals surface area contributed by atoms with Crippen LogP contribution < -0.4 is 10.1 Å². The van der Waals surface area contributed by atoms with Crippen molar-refractivity contribution < 1.29 is 19.0 Å². The number of hydrogen-bond acceptors (Lipinski definition) is 5. The number of fused-ring (bicyclic) bond motifs is 1. The Balaban J connectivity index is 2.21. The van der Waals surface area contributed by atoms with Crippen LogP contribution in [0.5, 0.6) is 5.75 Å². The number of aromatic nitrogens is 2. The molecule has 1 aromatic carbocycles. The zero-order valence-corrected chi connectivity index (χ0v) is 14.2. The second-order valence-electron chi connectivity index (χ2n) is 6.08. The number of nitrogens with zero attached hydrogens (tertiary/aromatic N) is 2. The maximum atomic E-state index is 11.8. The third-order valence-electron chi connectivity index (χ3n) is 3.08. The van der Waals surface area contributed by atoms with E-state index in [1.54, 1.807) is 14.2 Å². The van der Waals surface area contributed by atoms with Gasteiger partial charge >= 0.3 is 6.09 Å². The van der Waals surface area contributed by atoms with Gasteiger partial charge in [0.2, 0.25) is 0 Å². The average Bonchev–Trinajstić information content (AvgIpc) is 2.81. The smallest absolute Gasteiger partial charge is 0.408 e. The van der Waals surface area contributed by atoms with Crippen molar-refractivity contribution in [3.05, 3.63) is 24.0 Å². The van der Waals surface area contributed by atoms with E-state index in [4.69, 9.17) is 14.2 Å². The summed E-state index contributed by atoms with van der Waals surface area (Å²) >= 11 is 0. The highest BCUT2D eigenvalue weighted by molar-refractivity contribution is 5.78. The van der Waals surface area contributed by atoms with Gasteiger partial charge in [-0.15, -0.1) is 0 Å². The summed E-state index contributed by atoms with van der Waals surface area (Å²) < 4.78 is 17.6. The van der Waals surface area contributed by atoms with E-state index in [9.17, 15) is 4.79 Å². The largest absolute Gasteiger partial charge is 0.497 e. The number of ether oxygens (including phenoxy) is 3. The minimum absolute atomic E-state index is 0.245. The highest BCUT2D eigenvalue weighted by Gasteiger charge is 2.17. The summed E-state index contributed by atoms with van der Waals surface area (Å²) in [5.74, 6) is 1.41. The maximum Gasteiger partial charge on any atom is 0.408 e. The van der Waals surface area contributed by atoms with Crippen LogP contribution in [0.3, 0.4) is 0 Å². The fraction of sp³-hybridized carbons (Fsp3) is 0.500. The molecule has 0 aliphatic heterocycles. The van der Waals surface area contributed by atoms with Crippen LogP contribution in [0.1, 0.15) is 26.6 Å². The molecule has 7 heteroatoms. The molecule has 0 radical (unpaired) electrons. The van der Waals surface area contributed by atoms with Crippen molar-refractivity contribution >= 4 is 17.1 Å². The molecule has 0 unspecified atom stereocenters. The fourth-order valence-corrected chi connectivity index (χ4v) is 2.16. The van der Waals surface area contributed by atoms with Crippen molar-refractivity contribution in [2.24, 2.45) is 0 Å². The molecule has 0 fully saturated rings. The Bertz CT molecular complexity index is 688. The van der Waals surface area contributed by atoms with Crippen LogP contribution in [0.25, 0.3) is 11.0 Å². The molecule has 2 rings (SSSR count). The van der Waals surface area contributed by atoms with E-state index >= 15 is 0 Å². The molecule has 7 nitrogen and oxygen atoms in total. The van der Waals surface area contributed by atoms with Crippen LogP contribution in [0.2, 0.25) is 0 Å². The van der Waals surface area contributed by atoms with Crippen LogP contribution in [-0.4, -0.2) is 35.5 Å². The van der Waals surface area contributed by atoms with Gasteiger partial charge in [0.25, 0.3) is 0 Å². The summed E-state index contributed by atoms with van der Waals surface area (Å²) in [6.07, 6.45) is -0.480. The van der Waals surface area contributed by atoms with E-state index in [1.807, 2.05) is 43.5 Å². The Morgan fingerprint density at radius 3 is 2.65 bits per heavy atom. The lowest BCUT2D eigenvalue weighted by Gasteiger charge is -2.19. The molecule has 0 atom stereocenters. The van der Waals surface area contributed by atoms with Gasteiger partial charge in [-0.2, -0.15) is 0 Å². The molecule has 23 heavy (non-hydrogen) atoms. The molecule has 1 heterocycles. The first-order chi connectivity index (χ1) is 10.8. The zero-order chi connectivity index (χ0) is 17.0. The Labute approximate surface area is 135 Å². The number of methoxy groups -OCH3 is 2. The van der Waals surface area contributed by atoms with Crippen molar-refractivity contribution in [3.63, 3.8) is 0 Å². The lowest BCUT2D eigenvalue weighted by Crippen LogP contribution is -2.32. The van der Waals surface area contributed by atoms with Crippen molar-refractivity contribution in [2.75, 3.05) is 14.2 Å². The third kappa shape index (κ3) is 4.35. The first-order valence-corrected chi connectivity index (χ1v) is 7.33. The van der Waals surface area contributed by atoms with Crippen molar-refractivity contribution in [2.45, 2.75) is 39.6 Å². The monoisotopic (exact) mass is 321 g/mol. The predicted molar refractivity (Wildman–Crippen MR) is 86.4 cm³/mol. The molecule has 0 aliphatic rings. The van der Waals surface area contributed by atoms with Gasteiger partial charge in [0.15, 0.2) is 0 Å². The number of alkyl carbamates (subject to hydrolysis) is 1. The number of carbonyl (C=O) groups is 1. The summed E-state index contributed by atoms with van der Waals surface area (Å²) in [6.45, 7) is 6.04. The number of hydrogen-bond donors (Lipinski definition) is 1. The standard InChI is InChI=1S/C16H23N3O4/c1-16(2,3)23-15(20)17-9-14-18-12-8-11(22-5)6-7-13(12)19(14)10-21-4/h6-8H,9-10H2,1-5H3,(H,17,20). The molecule has 0 saturated heterocycles. The van der Waals surface area contributed by atoms with Crippen LogP contribution in [0.15, 0.2) is 18.2 Å². The number of carbonyl (C=O) groups excluding carboxylic acids is 1. The summed E-state index contributed by atoms with van der Waals surface area (Å²) in [4.78, 5) is 16.3. The van der Waals surface area contributed by atoms with Gasteiger partial charge in [-0.1, -0.05) is 0 Å². The minimum Gasteiger partial charge on any atom is -0.497 e. The van der Waals surface area contributed by atoms with Crippen LogP contribution >= 0.6 is 0 Å². The quantitative estimate of drug-likeness (QED) is 0.916. The second-order valence-corrected chi connectivity index (χ2v) is 6.08. The van der Waals surface area contributed by atoms with Gasteiger partial charge in [-0.05, 0) is 32.9 Å². The normalized spacial score (nSPS) is 11.5. The molecular formula is C16H23N3O4. The number of rotatable bonds is 5. The zero-order valence-electron chi connectivity index (χ0n) is 14.2. The summed E-state index contributed by atoms with van der Waals surface area (Å²) in [5, 5.41) is 2.71. The molecule has 0 spiro atoms. The van der Waals surface area contributed by atoms with Crippen LogP contribution in [0.4, 0.5) is 4.79 Å². The number of benzene rings is 1. The van der Waals surface area contributed by atoms with E-state index in [0.717, 1.165) is 16.8 Å². The number of amides is 1. The molecule has 0 bridgehead atoms. The molecular weight excluding hydrogens is 298 g/mol. The van der Waals surface area contributed by atoms with Crippen molar-refractivity contribution in [1.82, 2.24) is 14.9 Å². The molecule has 2 aromatic rings. The summed E-state index contributed by atoms with van der Waals surface area (Å²) in [6, 6.07) is 5.62. The van der Waals surface area contributed by atoms with E-state index in [0.29, 0.717) is 12.6 Å². The van der Waals surface area contributed by atoms with E-state index < -0.39 is 11.7 Å². The number of nitrogens with one attached hydrogen (secondary N) is 1. The maximum absolute atomic E-state index is 11.8. The Hall–Kier alpha value is -2.28. The Kier molecular flexibility index (Phi) is 5.10. The molecule has 1 aromatic heterocycles. The van der Waals surface area contributed by atoms with E-state index in [-0.39, 0.29) is 6.54 Å². The molecule has 0 saturated carbocycles. The highest BCUT2D eigenvalue weighted by atomic mass is 16.6. The Morgan fingerprint density at radius 1 is 1.30 bits per heavy atom. The third-order valence-corrected chi connectivity index (χ3v) is 3.08. The van der Waals surface area contributed by atoms with Gasteiger partial charge < -0.3 is 24.1 Å². The number of imidazole rings is 1. The van der Waals surface area contributed by atoms with Crippen molar-refractivity contribution in [1.29, 1.82) is 0 Å². The van der Waals surface area contributed by atoms with Gasteiger partial charge in [0, 0.05) is 13.2 Å². The van der Waals surface area contributed by atoms with E-state index in [1.165, 1.54) is 0 Å². The van der Waals surface area contributed by atoms with Crippen LogP contribution in [0, 0.1) is 0 Å². The topological polar surface area (TPSA) is 74.6 Å². The summed E-state index contributed by atoms with van der Waals surface area (Å²) in [7, 11) is 3.22. The van der Waals surface area contributed by atoms with Crippen LogP contribution in [-0.2, 0) is 22.7 Å². The first-order valence-electron chi connectivity index (χ1n) is 7.33. The SMILES string of the molecule is COCn1c(CNC(=O)OC(C)(C)C)nc2cc(OC)ccc21. The van der Waals surface area contributed by atoms with Gasteiger partial charge in [0.1, 0.15) is 23.9 Å². The van der Waals surface area contributed by atoms with Gasteiger partial charge in [0.05, 0.1) is 24.7 Å². The molecule has 0 aliphatic carbocycles. The first kappa shape index (κ1) is 17.1. The molecule has 1 N–H and O–H groups in total. The predicted octanol–water partition coefficient (Wildman–Crippen LogP) is 2.67. The van der Waals surface area contributed by atoms with Crippen molar-refractivity contribution in [3.8, 4) is 5.75 Å². The summed E-state index contributed by atoms with van der Waals surface area (Å²) in [5.41, 5.74) is 1.15. The average molecular weight is 321 g/mol. The minimum atomic E-state index is -0.538. The second kappa shape index (κ2) is 6.87. The molecule has 126 valence electrons.